The van der Waals surface area contributed by atoms with E-state index in [4.69, 9.17) is 9.15 Å². The topological polar surface area (TPSA) is 42.6 Å². The first-order valence-corrected chi connectivity index (χ1v) is 6.57. The first kappa shape index (κ1) is 11.3. The highest BCUT2D eigenvalue weighted by atomic mass is 16.5. The van der Waals surface area contributed by atoms with Crippen molar-refractivity contribution in [3.05, 3.63) is 23.7 Å². The fourth-order valence-corrected chi connectivity index (χ4v) is 3.10. The molecular weight excluding hydrogens is 216 g/mol. The molecular formula is C14H20O3. The van der Waals surface area contributed by atoms with Crippen LogP contribution in [0, 0.1) is 12.8 Å². The minimum atomic E-state index is -0.468. The van der Waals surface area contributed by atoms with Gasteiger partial charge in [0.05, 0.1) is 5.60 Å². The lowest BCUT2D eigenvalue weighted by Crippen LogP contribution is -2.46. The third-order valence-corrected chi connectivity index (χ3v) is 4.30. The zero-order chi connectivity index (χ0) is 11.9. The van der Waals surface area contributed by atoms with E-state index in [1.54, 1.807) is 0 Å². The Labute approximate surface area is 102 Å². The Morgan fingerprint density at radius 1 is 1.41 bits per heavy atom. The lowest BCUT2D eigenvalue weighted by molar-refractivity contribution is -0.158. The molecule has 0 radical (unpaired) electrons. The highest BCUT2D eigenvalue weighted by molar-refractivity contribution is 5.10. The van der Waals surface area contributed by atoms with E-state index in [9.17, 15) is 5.11 Å². The van der Waals surface area contributed by atoms with Gasteiger partial charge in [0.2, 0.25) is 0 Å². The Hall–Kier alpha value is -0.800. The second kappa shape index (κ2) is 4.14. The zero-order valence-electron chi connectivity index (χ0n) is 10.3. The van der Waals surface area contributed by atoms with Crippen molar-refractivity contribution < 1.29 is 14.3 Å². The molecule has 2 fully saturated rings. The molecule has 17 heavy (non-hydrogen) atoms. The third-order valence-electron chi connectivity index (χ3n) is 4.30. The van der Waals surface area contributed by atoms with E-state index in [0.29, 0.717) is 5.76 Å². The van der Waals surface area contributed by atoms with E-state index < -0.39 is 6.10 Å². The van der Waals surface area contributed by atoms with Gasteiger partial charge in [0.25, 0.3) is 0 Å². The van der Waals surface area contributed by atoms with Gasteiger partial charge in [0, 0.05) is 6.61 Å². The van der Waals surface area contributed by atoms with E-state index in [-0.39, 0.29) is 11.5 Å². The largest absolute Gasteiger partial charge is 0.464 e. The predicted octanol–water partition coefficient (Wildman–Crippen LogP) is 2.97. The molecule has 2 atom stereocenters. The van der Waals surface area contributed by atoms with Gasteiger partial charge in [-0.2, -0.15) is 0 Å². The molecule has 2 aliphatic rings. The van der Waals surface area contributed by atoms with Crippen LogP contribution in [0.1, 0.15) is 49.7 Å². The number of rotatable bonds is 2. The molecule has 3 heteroatoms. The summed E-state index contributed by atoms with van der Waals surface area (Å²) in [6, 6.07) is 3.81. The van der Waals surface area contributed by atoms with Crippen LogP contribution < -0.4 is 0 Å². The molecule has 3 nitrogen and oxygen atoms in total. The number of hydrogen-bond acceptors (Lipinski definition) is 3. The molecule has 0 bridgehead atoms. The Balaban J connectivity index is 1.71. The molecule has 1 aliphatic heterocycles. The van der Waals surface area contributed by atoms with Crippen molar-refractivity contribution in [2.75, 3.05) is 6.61 Å². The minimum Gasteiger partial charge on any atom is -0.464 e. The number of ether oxygens (including phenoxy) is 1. The SMILES string of the molecule is Cc1ccc(C(O)C2CCOC3(CCC3)C2)o1. The maximum Gasteiger partial charge on any atom is 0.132 e. The van der Waals surface area contributed by atoms with E-state index in [2.05, 4.69) is 0 Å². The highest BCUT2D eigenvalue weighted by Crippen LogP contribution is 2.47. The van der Waals surface area contributed by atoms with Crippen LogP contribution in [0.15, 0.2) is 16.5 Å². The van der Waals surface area contributed by atoms with E-state index in [1.165, 1.54) is 6.42 Å². The van der Waals surface area contributed by atoms with Gasteiger partial charge in [-0.3, -0.25) is 0 Å². The highest BCUT2D eigenvalue weighted by Gasteiger charge is 2.44. The van der Waals surface area contributed by atoms with Crippen LogP contribution in [0.25, 0.3) is 0 Å². The van der Waals surface area contributed by atoms with E-state index >= 15 is 0 Å². The lowest BCUT2D eigenvalue weighted by Gasteiger charge is -2.47. The first-order valence-electron chi connectivity index (χ1n) is 6.57. The molecule has 0 aromatic carbocycles. The number of aryl methyl sites for hydroxylation is 1. The monoisotopic (exact) mass is 236 g/mol. The average molecular weight is 236 g/mol. The van der Waals surface area contributed by atoms with Crippen molar-refractivity contribution in [2.45, 2.75) is 50.7 Å². The minimum absolute atomic E-state index is 0.0888. The van der Waals surface area contributed by atoms with Crippen molar-refractivity contribution in [3.8, 4) is 0 Å². The maximum atomic E-state index is 10.4. The predicted molar refractivity (Wildman–Crippen MR) is 63.7 cm³/mol. The van der Waals surface area contributed by atoms with Crippen LogP contribution in [-0.4, -0.2) is 17.3 Å². The summed E-state index contributed by atoms with van der Waals surface area (Å²) in [7, 11) is 0. The molecule has 1 aliphatic carbocycles. The van der Waals surface area contributed by atoms with Gasteiger partial charge in [-0.05, 0) is 57.1 Å². The summed E-state index contributed by atoms with van der Waals surface area (Å²) in [5.41, 5.74) is 0.0888. The molecule has 1 saturated carbocycles. The van der Waals surface area contributed by atoms with Crippen molar-refractivity contribution in [2.24, 2.45) is 5.92 Å². The number of aliphatic hydroxyl groups excluding tert-OH is 1. The maximum absolute atomic E-state index is 10.4. The molecule has 2 unspecified atom stereocenters. The number of aliphatic hydroxyl groups is 1. The normalized spacial score (nSPS) is 28.9. The Kier molecular flexibility index (Phi) is 2.75. The lowest BCUT2D eigenvalue weighted by atomic mass is 9.70. The fourth-order valence-electron chi connectivity index (χ4n) is 3.10. The summed E-state index contributed by atoms with van der Waals surface area (Å²) in [4.78, 5) is 0. The molecule has 1 spiro atoms. The Morgan fingerprint density at radius 2 is 2.24 bits per heavy atom. The van der Waals surface area contributed by atoms with Crippen molar-refractivity contribution in [1.82, 2.24) is 0 Å². The van der Waals surface area contributed by atoms with Gasteiger partial charge in [0.15, 0.2) is 0 Å². The molecule has 1 saturated heterocycles. The van der Waals surface area contributed by atoms with Gasteiger partial charge < -0.3 is 14.3 Å². The van der Waals surface area contributed by atoms with Crippen LogP contribution in [0.4, 0.5) is 0 Å². The van der Waals surface area contributed by atoms with E-state index in [1.807, 2.05) is 19.1 Å². The van der Waals surface area contributed by atoms with Crippen LogP contribution in [-0.2, 0) is 4.74 Å². The zero-order valence-corrected chi connectivity index (χ0v) is 10.3. The summed E-state index contributed by atoms with van der Waals surface area (Å²) in [6.45, 7) is 2.69. The smallest absolute Gasteiger partial charge is 0.132 e. The van der Waals surface area contributed by atoms with Crippen molar-refractivity contribution in [3.63, 3.8) is 0 Å². The second-order valence-electron chi connectivity index (χ2n) is 5.53. The summed E-state index contributed by atoms with van der Waals surface area (Å²) in [5.74, 6) is 1.86. The summed E-state index contributed by atoms with van der Waals surface area (Å²) in [6.07, 6.45) is 5.03. The fraction of sp³-hybridized carbons (Fsp3) is 0.714. The quantitative estimate of drug-likeness (QED) is 0.858. The van der Waals surface area contributed by atoms with Gasteiger partial charge >= 0.3 is 0 Å². The van der Waals surface area contributed by atoms with Crippen LogP contribution in [0.3, 0.4) is 0 Å². The molecule has 1 aromatic heterocycles. The van der Waals surface area contributed by atoms with Crippen molar-refractivity contribution >= 4 is 0 Å². The summed E-state index contributed by atoms with van der Waals surface area (Å²) >= 11 is 0. The second-order valence-corrected chi connectivity index (χ2v) is 5.53. The molecule has 1 aromatic rings. The molecule has 0 amide bonds. The van der Waals surface area contributed by atoms with Crippen molar-refractivity contribution in [1.29, 1.82) is 0 Å². The standard InChI is InChI=1S/C14H20O3/c1-10-3-4-12(17-10)13(15)11-5-8-16-14(9-11)6-2-7-14/h3-4,11,13,15H,2,5-9H2,1H3. The van der Waals surface area contributed by atoms with Crippen LogP contribution >= 0.6 is 0 Å². The Bertz CT molecular complexity index is 392. The average Bonchev–Trinajstić information content (AvgIpc) is 2.73. The van der Waals surface area contributed by atoms with Crippen LogP contribution in [0.2, 0.25) is 0 Å². The molecule has 1 N–H and O–H groups in total. The van der Waals surface area contributed by atoms with E-state index in [0.717, 1.165) is 38.1 Å². The summed E-state index contributed by atoms with van der Waals surface area (Å²) in [5, 5.41) is 10.4. The summed E-state index contributed by atoms with van der Waals surface area (Å²) < 4.78 is 11.4. The molecule has 3 rings (SSSR count). The van der Waals surface area contributed by atoms with Crippen LogP contribution in [0.5, 0.6) is 0 Å². The molecule has 2 heterocycles. The molecule has 94 valence electrons. The first-order chi connectivity index (χ1) is 8.19. The third kappa shape index (κ3) is 2.02. The van der Waals surface area contributed by atoms with Gasteiger partial charge in [-0.1, -0.05) is 0 Å². The van der Waals surface area contributed by atoms with Gasteiger partial charge in [-0.15, -0.1) is 0 Å². The number of hydrogen-bond donors (Lipinski definition) is 1. The number of furan rings is 1. The Morgan fingerprint density at radius 3 is 2.82 bits per heavy atom. The van der Waals surface area contributed by atoms with Gasteiger partial charge in [0.1, 0.15) is 17.6 Å². The van der Waals surface area contributed by atoms with Gasteiger partial charge in [-0.25, -0.2) is 0 Å².